The normalized spacial score (nSPS) is 13.4. The Morgan fingerprint density at radius 3 is 2.52 bits per heavy atom. The SMILES string of the molecule is CCNC(=NCC(O)c1ccc(Cl)s1)NCCNC(C)(C)C.I. The Morgan fingerprint density at radius 2 is 2.00 bits per heavy atom. The topological polar surface area (TPSA) is 68.7 Å². The third-order valence-corrected chi connectivity index (χ3v) is 4.09. The number of nitrogens with zero attached hydrogens (tertiary/aromatic N) is 1. The summed E-state index contributed by atoms with van der Waals surface area (Å²) in [6, 6.07) is 3.62. The molecule has 0 bridgehead atoms. The van der Waals surface area contributed by atoms with E-state index in [2.05, 4.69) is 41.7 Å². The highest BCUT2D eigenvalue weighted by Gasteiger charge is 2.10. The molecule has 1 rings (SSSR count). The van der Waals surface area contributed by atoms with Crippen molar-refractivity contribution in [1.29, 1.82) is 0 Å². The van der Waals surface area contributed by atoms with Gasteiger partial charge in [0.05, 0.1) is 10.9 Å². The summed E-state index contributed by atoms with van der Waals surface area (Å²) in [7, 11) is 0. The van der Waals surface area contributed by atoms with Crippen molar-refractivity contribution in [2.75, 3.05) is 26.2 Å². The summed E-state index contributed by atoms with van der Waals surface area (Å²) < 4.78 is 0.677. The highest BCUT2D eigenvalue weighted by molar-refractivity contribution is 14.0. The Labute approximate surface area is 165 Å². The molecule has 0 aliphatic heterocycles. The van der Waals surface area contributed by atoms with Gasteiger partial charge in [0.2, 0.25) is 0 Å². The summed E-state index contributed by atoms with van der Waals surface area (Å²) in [6.07, 6.45) is -0.624. The van der Waals surface area contributed by atoms with Crippen molar-refractivity contribution < 1.29 is 5.11 Å². The zero-order chi connectivity index (χ0) is 16.6. The van der Waals surface area contributed by atoms with E-state index >= 15 is 0 Å². The Kier molecular flexibility index (Phi) is 11.4. The van der Waals surface area contributed by atoms with E-state index in [-0.39, 0.29) is 29.5 Å². The molecular weight excluding hydrogens is 447 g/mol. The predicted molar refractivity (Wildman–Crippen MR) is 111 cm³/mol. The summed E-state index contributed by atoms with van der Waals surface area (Å²) in [4.78, 5) is 5.25. The third-order valence-electron chi connectivity index (χ3n) is 2.76. The van der Waals surface area contributed by atoms with Crippen LogP contribution in [-0.4, -0.2) is 42.8 Å². The van der Waals surface area contributed by atoms with Gasteiger partial charge in [0.1, 0.15) is 6.10 Å². The number of aliphatic imine (C=N–C) groups is 1. The van der Waals surface area contributed by atoms with Crippen molar-refractivity contribution in [2.45, 2.75) is 39.3 Å². The van der Waals surface area contributed by atoms with Crippen LogP contribution in [-0.2, 0) is 0 Å². The van der Waals surface area contributed by atoms with Crippen molar-refractivity contribution >= 4 is 52.9 Å². The van der Waals surface area contributed by atoms with Crippen LogP contribution in [0.2, 0.25) is 4.34 Å². The first-order valence-corrected chi connectivity index (χ1v) is 8.72. The second-order valence-electron chi connectivity index (χ2n) is 5.98. The largest absolute Gasteiger partial charge is 0.386 e. The van der Waals surface area contributed by atoms with E-state index in [1.807, 2.05) is 13.0 Å². The second kappa shape index (κ2) is 11.5. The van der Waals surface area contributed by atoms with E-state index in [0.717, 1.165) is 24.5 Å². The monoisotopic (exact) mass is 474 g/mol. The molecule has 0 amide bonds. The van der Waals surface area contributed by atoms with Crippen LogP contribution in [0.5, 0.6) is 0 Å². The zero-order valence-electron chi connectivity index (χ0n) is 14.1. The number of halogens is 2. The van der Waals surface area contributed by atoms with E-state index in [1.54, 1.807) is 6.07 Å². The van der Waals surface area contributed by atoms with Crippen LogP contribution < -0.4 is 16.0 Å². The van der Waals surface area contributed by atoms with Crippen molar-refractivity contribution in [3.05, 3.63) is 21.3 Å². The van der Waals surface area contributed by atoms with Crippen LogP contribution in [0.1, 0.15) is 38.7 Å². The molecule has 134 valence electrons. The fraction of sp³-hybridized carbons (Fsp3) is 0.667. The van der Waals surface area contributed by atoms with E-state index in [0.29, 0.717) is 16.8 Å². The summed E-state index contributed by atoms with van der Waals surface area (Å²) in [6.45, 7) is 11.1. The molecule has 0 radical (unpaired) electrons. The second-order valence-corrected chi connectivity index (χ2v) is 7.73. The first-order valence-electron chi connectivity index (χ1n) is 7.52. The van der Waals surface area contributed by atoms with Crippen LogP contribution in [0, 0.1) is 0 Å². The molecule has 1 atom stereocenters. The lowest BCUT2D eigenvalue weighted by Gasteiger charge is -2.21. The van der Waals surface area contributed by atoms with Gasteiger partial charge in [-0.1, -0.05) is 11.6 Å². The lowest BCUT2D eigenvalue weighted by atomic mass is 10.1. The van der Waals surface area contributed by atoms with Gasteiger partial charge in [0.25, 0.3) is 0 Å². The van der Waals surface area contributed by atoms with Crippen LogP contribution in [0.25, 0.3) is 0 Å². The minimum Gasteiger partial charge on any atom is -0.386 e. The molecule has 1 aromatic heterocycles. The Balaban J connectivity index is 0.00000484. The minimum absolute atomic E-state index is 0. The average molecular weight is 475 g/mol. The molecule has 4 N–H and O–H groups in total. The fourth-order valence-corrected chi connectivity index (χ4v) is 2.77. The van der Waals surface area contributed by atoms with Crippen LogP contribution in [0.15, 0.2) is 17.1 Å². The molecule has 5 nitrogen and oxygen atoms in total. The molecule has 1 heterocycles. The molecule has 8 heteroatoms. The Hall–Kier alpha value is -0.0900. The maximum absolute atomic E-state index is 10.1. The number of hydrogen-bond acceptors (Lipinski definition) is 4. The van der Waals surface area contributed by atoms with Crippen LogP contribution in [0.4, 0.5) is 0 Å². The first-order chi connectivity index (χ1) is 10.3. The third kappa shape index (κ3) is 10.4. The molecule has 0 fully saturated rings. The van der Waals surface area contributed by atoms with E-state index in [4.69, 9.17) is 11.6 Å². The Bertz CT molecular complexity index is 476. The van der Waals surface area contributed by atoms with Gasteiger partial charge >= 0.3 is 0 Å². The highest BCUT2D eigenvalue weighted by atomic mass is 127. The first kappa shape index (κ1) is 22.9. The molecule has 1 aromatic rings. The maximum atomic E-state index is 10.1. The number of nitrogens with one attached hydrogen (secondary N) is 3. The lowest BCUT2D eigenvalue weighted by Crippen LogP contribution is -2.44. The minimum atomic E-state index is -0.624. The number of hydrogen-bond donors (Lipinski definition) is 4. The van der Waals surface area contributed by atoms with Gasteiger partial charge in [-0.25, -0.2) is 0 Å². The van der Waals surface area contributed by atoms with Crippen molar-refractivity contribution in [3.8, 4) is 0 Å². The Morgan fingerprint density at radius 1 is 1.30 bits per heavy atom. The van der Waals surface area contributed by atoms with Crippen molar-refractivity contribution in [1.82, 2.24) is 16.0 Å². The molecule has 0 aliphatic carbocycles. The highest BCUT2D eigenvalue weighted by Crippen LogP contribution is 2.26. The van der Waals surface area contributed by atoms with Gasteiger partial charge in [0.15, 0.2) is 5.96 Å². The summed E-state index contributed by atoms with van der Waals surface area (Å²) in [5.74, 6) is 0.708. The fourth-order valence-electron chi connectivity index (χ4n) is 1.74. The molecule has 0 aliphatic rings. The van der Waals surface area contributed by atoms with Crippen molar-refractivity contribution in [2.24, 2.45) is 4.99 Å². The maximum Gasteiger partial charge on any atom is 0.191 e. The molecule has 1 unspecified atom stereocenters. The standard InChI is InChI=1S/C15H27ClN4OS.HI/c1-5-17-14(18-8-9-20-15(2,3)4)19-10-11(21)12-6-7-13(16)22-12;/h6-7,11,20-21H,5,8-10H2,1-4H3,(H2,17,18,19);1H. The summed E-state index contributed by atoms with van der Waals surface area (Å²) in [5, 5.41) is 19.9. The molecule has 0 saturated carbocycles. The number of aliphatic hydroxyl groups excluding tert-OH is 1. The quantitative estimate of drug-likeness (QED) is 0.212. The number of thiophene rings is 1. The number of aliphatic hydroxyl groups is 1. The molecule has 23 heavy (non-hydrogen) atoms. The number of guanidine groups is 1. The van der Waals surface area contributed by atoms with E-state index in [1.165, 1.54) is 11.3 Å². The van der Waals surface area contributed by atoms with Gasteiger partial charge in [0, 0.05) is 30.1 Å². The molecular formula is C15H28ClIN4OS. The van der Waals surface area contributed by atoms with Gasteiger partial charge < -0.3 is 21.1 Å². The zero-order valence-corrected chi connectivity index (χ0v) is 18.1. The smallest absolute Gasteiger partial charge is 0.191 e. The van der Waals surface area contributed by atoms with E-state index in [9.17, 15) is 5.11 Å². The predicted octanol–water partition coefficient (Wildman–Crippen LogP) is 3.00. The average Bonchev–Trinajstić information content (AvgIpc) is 2.86. The van der Waals surface area contributed by atoms with Crippen LogP contribution >= 0.6 is 46.9 Å². The molecule has 0 saturated heterocycles. The number of rotatable bonds is 7. The molecule has 0 aromatic carbocycles. The van der Waals surface area contributed by atoms with Crippen molar-refractivity contribution in [3.63, 3.8) is 0 Å². The van der Waals surface area contributed by atoms with Gasteiger partial charge in [-0.15, -0.1) is 35.3 Å². The summed E-state index contributed by atoms with van der Waals surface area (Å²) in [5.41, 5.74) is 0.103. The van der Waals surface area contributed by atoms with Gasteiger partial charge in [-0.3, -0.25) is 4.99 Å². The summed E-state index contributed by atoms with van der Waals surface area (Å²) >= 11 is 7.26. The lowest BCUT2D eigenvalue weighted by molar-refractivity contribution is 0.191. The van der Waals surface area contributed by atoms with Gasteiger partial charge in [-0.05, 0) is 39.8 Å². The van der Waals surface area contributed by atoms with E-state index < -0.39 is 6.10 Å². The van der Waals surface area contributed by atoms with Gasteiger partial charge in [-0.2, -0.15) is 0 Å². The van der Waals surface area contributed by atoms with Crippen LogP contribution in [0.3, 0.4) is 0 Å². The molecule has 0 spiro atoms.